The van der Waals surface area contributed by atoms with Crippen molar-refractivity contribution in [3.8, 4) is 0 Å². The number of allylic oxidation sites excluding steroid dienone is 4. The summed E-state index contributed by atoms with van der Waals surface area (Å²) in [5, 5.41) is 28.4. The fraction of sp³-hybridized carbons (Fsp3) is 0.474. The first-order chi connectivity index (χ1) is 10.7. The van der Waals surface area contributed by atoms with E-state index in [1.807, 2.05) is 0 Å². The van der Waals surface area contributed by atoms with Gasteiger partial charge in [0.1, 0.15) is 0 Å². The van der Waals surface area contributed by atoms with Gasteiger partial charge in [-0.25, -0.2) is 11.6 Å². The fourth-order valence-electron chi connectivity index (χ4n) is 0.943. The van der Waals surface area contributed by atoms with Crippen molar-refractivity contribution in [1.82, 2.24) is 0 Å². The van der Waals surface area contributed by atoms with Crippen LogP contribution in [0.15, 0.2) is 55.7 Å². The Kier molecular flexibility index (Phi) is 43.7. The molecule has 23 heavy (non-hydrogen) atoms. The maximum Gasteiger partial charge on any atom is 4.00 e. The molecule has 0 aromatic rings. The normalized spacial score (nSPS) is 10.2. The number of hydrogen-bond acceptors (Lipinski definition) is 3. The van der Waals surface area contributed by atoms with Gasteiger partial charge in [0.15, 0.2) is 0 Å². The number of rotatable bonds is 7. The molecule has 0 saturated heterocycles. The molecule has 0 amide bonds. The minimum Gasteiger partial charge on any atom is -0.854 e. The van der Waals surface area contributed by atoms with Crippen LogP contribution in [0.1, 0.15) is 39.0 Å². The Hall–Kier alpha value is -0.550. The van der Waals surface area contributed by atoms with Crippen LogP contribution in [-0.2, 0) is 25.8 Å². The third-order valence-electron chi connectivity index (χ3n) is 2.11. The van der Waals surface area contributed by atoms with Crippen molar-refractivity contribution in [1.29, 1.82) is 0 Å². The Morgan fingerprint density at radius 1 is 0.957 bits per heavy atom. The van der Waals surface area contributed by atoms with Gasteiger partial charge in [0, 0.05) is 0 Å². The molecule has 0 aromatic heterocycles. The summed E-state index contributed by atoms with van der Waals surface area (Å²) < 4.78 is 0. The van der Waals surface area contributed by atoms with E-state index in [0.29, 0.717) is 19.3 Å². The van der Waals surface area contributed by atoms with Gasteiger partial charge in [-0.05, 0) is 0 Å². The van der Waals surface area contributed by atoms with E-state index in [0.717, 1.165) is 12.8 Å². The summed E-state index contributed by atoms with van der Waals surface area (Å²) in [6, 6.07) is 0. The molecule has 0 radical (unpaired) electrons. The van der Waals surface area contributed by atoms with E-state index in [9.17, 15) is 15.3 Å². The molecule has 0 saturated carbocycles. The molecule has 0 spiro atoms. The van der Waals surface area contributed by atoms with E-state index < -0.39 is 0 Å². The molecule has 0 unspecified atom stereocenters. The van der Waals surface area contributed by atoms with Crippen molar-refractivity contribution < 1.29 is 41.2 Å². The molecule has 4 heteroatoms. The topological polar surface area (TPSA) is 69.2 Å². The Balaban J connectivity index is -0.000000105. The van der Waals surface area contributed by atoms with Gasteiger partial charge in [0.2, 0.25) is 0 Å². The van der Waals surface area contributed by atoms with Crippen LogP contribution in [0.5, 0.6) is 0 Å². The summed E-state index contributed by atoms with van der Waals surface area (Å²) in [5.74, 6) is 0. The van der Waals surface area contributed by atoms with Gasteiger partial charge < -0.3 is 15.3 Å². The van der Waals surface area contributed by atoms with E-state index in [1.165, 1.54) is 5.57 Å². The van der Waals surface area contributed by atoms with Crippen LogP contribution in [-0.4, -0.2) is 19.8 Å². The van der Waals surface area contributed by atoms with Crippen LogP contribution >= 0.6 is 0 Å². The van der Waals surface area contributed by atoms with Gasteiger partial charge in [0.25, 0.3) is 0 Å². The minimum absolute atomic E-state index is 0. The molecule has 0 fully saturated rings. The van der Waals surface area contributed by atoms with Crippen molar-refractivity contribution in [2.24, 2.45) is 0 Å². The van der Waals surface area contributed by atoms with E-state index in [4.69, 9.17) is 0 Å². The molecule has 1 aliphatic carbocycles. The first kappa shape index (κ1) is 30.3. The molecule has 1 aliphatic rings. The molecular formula is C19H30HfO3. The van der Waals surface area contributed by atoms with Crippen LogP contribution in [0, 0.1) is 6.08 Å². The summed E-state index contributed by atoms with van der Waals surface area (Å²) in [5.41, 5.74) is 1.36. The molecule has 1 rings (SSSR count). The van der Waals surface area contributed by atoms with Gasteiger partial charge in [-0.1, -0.05) is 50.8 Å². The van der Waals surface area contributed by atoms with E-state index in [2.05, 4.69) is 44.9 Å². The largest absolute Gasteiger partial charge is 4.00 e. The zero-order chi connectivity index (χ0) is 17.5. The molecule has 0 bridgehead atoms. The monoisotopic (exact) mass is 486 g/mol. The zero-order valence-electron chi connectivity index (χ0n) is 14.4. The van der Waals surface area contributed by atoms with Crippen LogP contribution in [0.25, 0.3) is 0 Å². The van der Waals surface area contributed by atoms with Gasteiger partial charge >= 0.3 is 25.8 Å². The minimum atomic E-state index is -0.0243. The summed E-state index contributed by atoms with van der Waals surface area (Å²) in [4.78, 5) is 0. The Morgan fingerprint density at radius 3 is 1.43 bits per heavy atom. The smallest absolute Gasteiger partial charge is 0.854 e. The molecule has 3 nitrogen and oxygen atoms in total. The second-order valence-corrected chi connectivity index (χ2v) is 4.01. The van der Waals surface area contributed by atoms with Crippen molar-refractivity contribution in [2.75, 3.05) is 19.8 Å². The van der Waals surface area contributed by atoms with Crippen molar-refractivity contribution in [3.05, 3.63) is 61.8 Å². The first-order valence-corrected chi connectivity index (χ1v) is 7.51. The quantitative estimate of drug-likeness (QED) is 0.315. The second-order valence-electron chi connectivity index (χ2n) is 4.01. The maximum atomic E-state index is 9.46. The standard InChI is InChI=1S/C7H9.3C4H7O.Hf/c1-2-7-5-3-4-6-7;3*1-2-3-4-5;/h3,5H,2,4H2,1H3;3*2H,1,3-4H2;/q4*-1;+4. The molecule has 0 N–H and O–H groups in total. The van der Waals surface area contributed by atoms with Crippen LogP contribution < -0.4 is 15.3 Å². The summed E-state index contributed by atoms with van der Waals surface area (Å²) >= 11 is 0. The van der Waals surface area contributed by atoms with Gasteiger partial charge in [-0.15, -0.1) is 46.0 Å². The SMILES string of the molecule is C=CCC[O-].C=CCC[O-].C=CCC[O-].CCC1=[C-]CC=C1.[Hf+4]. The third-order valence-corrected chi connectivity index (χ3v) is 2.11. The molecule has 128 valence electrons. The van der Waals surface area contributed by atoms with Gasteiger partial charge in [-0.3, -0.25) is 6.08 Å². The Labute approximate surface area is 161 Å². The maximum absolute atomic E-state index is 9.46. The summed E-state index contributed by atoms with van der Waals surface area (Å²) in [6.07, 6.45) is 16.3. The predicted octanol–water partition coefficient (Wildman–Crippen LogP) is 1.85. The Bertz CT molecular complexity index is 273. The zero-order valence-corrected chi connectivity index (χ0v) is 18.0. The van der Waals surface area contributed by atoms with Crippen LogP contribution in [0.4, 0.5) is 0 Å². The van der Waals surface area contributed by atoms with Crippen molar-refractivity contribution >= 4 is 0 Å². The molecule has 0 atom stereocenters. The van der Waals surface area contributed by atoms with Crippen LogP contribution in [0.2, 0.25) is 0 Å². The molecule has 0 aromatic carbocycles. The first-order valence-electron chi connectivity index (χ1n) is 7.51. The van der Waals surface area contributed by atoms with Crippen molar-refractivity contribution in [2.45, 2.75) is 39.0 Å². The fourth-order valence-corrected chi connectivity index (χ4v) is 0.943. The van der Waals surface area contributed by atoms with Gasteiger partial charge in [0.05, 0.1) is 0 Å². The van der Waals surface area contributed by atoms with Gasteiger partial charge in [-0.2, -0.15) is 6.08 Å². The molecule has 0 aliphatic heterocycles. The van der Waals surface area contributed by atoms with E-state index in [-0.39, 0.29) is 45.7 Å². The third kappa shape index (κ3) is 38.9. The Morgan fingerprint density at radius 2 is 1.35 bits per heavy atom. The molecule has 0 heterocycles. The second kappa shape index (κ2) is 33.1. The summed E-state index contributed by atoms with van der Waals surface area (Å²) in [6.45, 7) is 12.1. The average molecular weight is 485 g/mol. The van der Waals surface area contributed by atoms with Crippen molar-refractivity contribution in [3.63, 3.8) is 0 Å². The van der Waals surface area contributed by atoms with E-state index in [1.54, 1.807) is 18.2 Å². The predicted molar refractivity (Wildman–Crippen MR) is 89.8 cm³/mol. The summed E-state index contributed by atoms with van der Waals surface area (Å²) in [7, 11) is 0. The van der Waals surface area contributed by atoms with E-state index >= 15 is 0 Å². The average Bonchev–Trinajstić information content (AvgIpc) is 3.05. The van der Waals surface area contributed by atoms with Crippen LogP contribution in [0.3, 0.4) is 0 Å². The molecular weight excluding hydrogens is 455 g/mol. The number of hydrogen-bond donors (Lipinski definition) is 0.